The summed E-state index contributed by atoms with van der Waals surface area (Å²) in [5.74, 6) is -0.210. The molecular weight excluding hydrogens is 497 g/mol. The summed E-state index contributed by atoms with van der Waals surface area (Å²) in [5, 5.41) is 10.5. The van der Waals surface area contributed by atoms with E-state index in [4.69, 9.17) is 4.74 Å². The first-order valence-electron chi connectivity index (χ1n) is 9.99. The molecule has 1 aromatic carbocycles. The Bertz CT molecular complexity index is 960. The standard InChI is InChI=1S/C22H28IN3O4/c1-22(2,3)30-21(29)25-12-10-24(11-13-25)14-17-8-9-26(20(28)19(17)27)15-16-6-4-5-7-18(16)23/h4-9,27H,10-15H2,1-3H3. The lowest BCUT2D eigenvalue weighted by Crippen LogP contribution is -2.49. The fourth-order valence-electron chi connectivity index (χ4n) is 3.32. The monoisotopic (exact) mass is 525 g/mol. The van der Waals surface area contributed by atoms with Crippen molar-refractivity contribution in [3.8, 4) is 5.75 Å². The predicted molar refractivity (Wildman–Crippen MR) is 124 cm³/mol. The van der Waals surface area contributed by atoms with Crippen molar-refractivity contribution in [1.82, 2.24) is 14.4 Å². The molecule has 7 nitrogen and oxygen atoms in total. The maximum atomic E-state index is 12.6. The summed E-state index contributed by atoms with van der Waals surface area (Å²) in [5.41, 5.74) is 0.733. The summed E-state index contributed by atoms with van der Waals surface area (Å²) in [6.07, 6.45) is 1.43. The van der Waals surface area contributed by atoms with Gasteiger partial charge in [-0.2, -0.15) is 0 Å². The van der Waals surface area contributed by atoms with Crippen LogP contribution in [0.4, 0.5) is 4.79 Å². The first kappa shape index (κ1) is 22.6. The minimum atomic E-state index is -0.512. The van der Waals surface area contributed by atoms with Crippen LogP contribution in [-0.2, 0) is 17.8 Å². The van der Waals surface area contributed by atoms with Crippen LogP contribution in [0.2, 0.25) is 0 Å². The Morgan fingerprint density at radius 1 is 1.07 bits per heavy atom. The molecule has 8 heteroatoms. The van der Waals surface area contributed by atoms with Gasteiger partial charge in [-0.15, -0.1) is 0 Å². The second-order valence-electron chi connectivity index (χ2n) is 8.46. The van der Waals surface area contributed by atoms with Gasteiger partial charge in [0.15, 0.2) is 5.75 Å². The van der Waals surface area contributed by atoms with E-state index in [0.29, 0.717) is 44.8 Å². The number of ether oxygens (including phenoxy) is 1. The first-order valence-corrected chi connectivity index (χ1v) is 11.1. The summed E-state index contributed by atoms with van der Waals surface area (Å²) in [4.78, 5) is 28.7. The molecule has 0 unspecified atom stereocenters. The van der Waals surface area contributed by atoms with Gasteiger partial charge in [-0.05, 0) is 61.1 Å². The van der Waals surface area contributed by atoms with Crippen molar-refractivity contribution in [3.05, 3.63) is 61.6 Å². The molecule has 1 aliphatic rings. The van der Waals surface area contributed by atoms with Crippen LogP contribution >= 0.6 is 22.6 Å². The Morgan fingerprint density at radius 3 is 2.37 bits per heavy atom. The van der Waals surface area contributed by atoms with Crippen molar-refractivity contribution >= 4 is 28.7 Å². The van der Waals surface area contributed by atoms with Crippen LogP contribution in [0.5, 0.6) is 5.75 Å². The number of aromatic hydroxyl groups is 1. The van der Waals surface area contributed by atoms with Gasteiger partial charge >= 0.3 is 6.09 Å². The fraction of sp³-hybridized carbons (Fsp3) is 0.455. The van der Waals surface area contributed by atoms with Crippen LogP contribution in [0, 0.1) is 3.57 Å². The van der Waals surface area contributed by atoms with Gasteiger partial charge in [0, 0.05) is 48.1 Å². The second-order valence-corrected chi connectivity index (χ2v) is 9.62. The number of pyridine rings is 1. The van der Waals surface area contributed by atoms with E-state index < -0.39 is 5.60 Å². The third kappa shape index (κ3) is 5.75. The van der Waals surface area contributed by atoms with E-state index in [1.807, 2.05) is 45.0 Å². The van der Waals surface area contributed by atoms with Crippen LogP contribution in [-0.4, -0.2) is 57.3 Å². The van der Waals surface area contributed by atoms with Gasteiger partial charge in [0.05, 0.1) is 6.54 Å². The van der Waals surface area contributed by atoms with Crippen LogP contribution in [0.15, 0.2) is 41.3 Å². The maximum absolute atomic E-state index is 12.6. The summed E-state index contributed by atoms with van der Waals surface area (Å²) >= 11 is 2.24. The average Bonchev–Trinajstić information content (AvgIpc) is 2.68. The van der Waals surface area contributed by atoms with E-state index in [1.54, 1.807) is 17.2 Å². The van der Waals surface area contributed by atoms with Crippen molar-refractivity contribution in [2.75, 3.05) is 26.2 Å². The van der Waals surface area contributed by atoms with Crippen LogP contribution in [0.25, 0.3) is 0 Å². The Labute approximate surface area is 190 Å². The number of aromatic nitrogens is 1. The Hall–Kier alpha value is -2.07. The molecule has 1 fully saturated rings. The highest BCUT2D eigenvalue weighted by Gasteiger charge is 2.26. The van der Waals surface area contributed by atoms with E-state index in [9.17, 15) is 14.7 Å². The minimum absolute atomic E-state index is 0.210. The number of carbonyl (C=O) groups excluding carboxylic acids is 1. The van der Waals surface area contributed by atoms with E-state index in [2.05, 4.69) is 27.5 Å². The topological polar surface area (TPSA) is 75.0 Å². The zero-order valence-corrected chi connectivity index (χ0v) is 19.8. The van der Waals surface area contributed by atoms with E-state index in [1.165, 1.54) is 4.57 Å². The number of rotatable bonds is 4. The molecule has 1 amide bonds. The first-order chi connectivity index (χ1) is 14.1. The zero-order chi connectivity index (χ0) is 21.9. The van der Waals surface area contributed by atoms with Crippen LogP contribution < -0.4 is 5.56 Å². The van der Waals surface area contributed by atoms with Gasteiger partial charge in [0.25, 0.3) is 5.56 Å². The number of benzene rings is 1. The van der Waals surface area contributed by atoms with Crippen LogP contribution in [0.1, 0.15) is 31.9 Å². The molecule has 1 aromatic heterocycles. The zero-order valence-electron chi connectivity index (χ0n) is 17.6. The third-order valence-corrected chi connectivity index (χ3v) is 5.99. The van der Waals surface area contributed by atoms with E-state index >= 15 is 0 Å². The molecular formula is C22H28IN3O4. The van der Waals surface area contributed by atoms with Crippen molar-refractivity contribution < 1.29 is 14.6 Å². The summed E-state index contributed by atoms with van der Waals surface area (Å²) in [6.45, 7) is 8.86. The smallest absolute Gasteiger partial charge is 0.410 e. The molecule has 0 atom stereocenters. The molecule has 162 valence electrons. The van der Waals surface area contributed by atoms with Gasteiger partial charge in [-0.3, -0.25) is 9.69 Å². The molecule has 3 rings (SSSR count). The Morgan fingerprint density at radius 2 is 1.73 bits per heavy atom. The fourth-order valence-corrected chi connectivity index (χ4v) is 3.88. The molecule has 30 heavy (non-hydrogen) atoms. The molecule has 0 saturated carbocycles. The highest BCUT2D eigenvalue weighted by molar-refractivity contribution is 14.1. The third-order valence-electron chi connectivity index (χ3n) is 4.94. The normalized spacial score (nSPS) is 15.3. The van der Waals surface area contributed by atoms with Crippen molar-refractivity contribution in [2.45, 2.75) is 39.5 Å². The highest BCUT2D eigenvalue weighted by Crippen LogP contribution is 2.18. The number of nitrogens with zero attached hydrogens (tertiary/aromatic N) is 3. The molecule has 1 aliphatic heterocycles. The number of hydrogen-bond donors (Lipinski definition) is 1. The summed E-state index contributed by atoms with van der Waals surface area (Å²) in [6, 6.07) is 9.66. The number of amides is 1. The van der Waals surface area contributed by atoms with Gasteiger partial charge in [0.2, 0.25) is 0 Å². The van der Waals surface area contributed by atoms with E-state index in [0.717, 1.165) is 9.13 Å². The van der Waals surface area contributed by atoms with Crippen molar-refractivity contribution in [1.29, 1.82) is 0 Å². The number of piperazine rings is 1. The van der Waals surface area contributed by atoms with Gasteiger partial charge in [-0.1, -0.05) is 18.2 Å². The molecule has 1 N–H and O–H groups in total. The largest absolute Gasteiger partial charge is 0.503 e. The minimum Gasteiger partial charge on any atom is -0.503 e. The maximum Gasteiger partial charge on any atom is 0.410 e. The summed E-state index contributed by atoms with van der Waals surface area (Å²) in [7, 11) is 0. The summed E-state index contributed by atoms with van der Waals surface area (Å²) < 4.78 is 8.02. The molecule has 0 radical (unpaired) electrons. The lowest BCUT2D eigenvalue weighted by Gasteiger charge is -2.35. The molecule has 2 aromatic rings. The average molecular weight is 525 g/mol. The number of hydrogen-bond acceptors (Lipinski definition) is 5. The highest BCUT2D eigenvalue weighted by atomic mass is 127. The molecule has 2 heterocycles. The van der Waals surface area contributed by atoms with Crippen LogP contribution in [0.3, 0.4) is 0 Å². The van der Waals surface area contributed by atoms with Crippen molar-refractivity contribution in [3.63, 3.8) is 0 Å². The molecule has 0 aliphatic carbocycles. The Kier molecular flexibility index (Phi) is 7.07. The van der Waals surface area contributed by atoms with E-state index in [-0.39, 0.29) is 17.4 Å². The SMILES string of the molecule is CC(C)(C)OC(=O)N1CCN(Cc2ccn(Cc3ccccc3I)c(=O)c2O)CC1. The number of carbonyl (C=O) groups is 1. The molecule has 0 spiro atoms. The lowest BCUT2D eigenvalue weighted by molar-refractivity contribution is 0.0138. The van der Waals surface area contributed by atoms with Gasteiger partial charge in [0.1, 0.15) is 5.60 Å². The molecule has 1 saturated heterocycles. The van der Waals surface area contributed by atoms with Gasteiger partial charge < -0.3 is 19.3 Å². The second kappa shape index (κ2) is 9.38. The van der Waals surface area contributed by atoms with Crippen molar-refractivity contribution in [2.24, 2.45) is 0 Å². The predicted octanol–water partition coefficient (Wildman–Crippen LogP) is 3.26. The quantitative estimate of drug-likeness (QED) is 0.621. The Balaban J connectivity index is 1.62. The molecule has 0 bridgehead atoms. The lowest BCUT2D eigenvalue weighted by atomic mass is 10.2. The number of halogens is 1. The van der Waals surface area contributed by atoms with Gasteiger partial charge in [-0.25, -0.2) is 4.79 Å².